The average Bonchev–Trinajstić information content (AvgIpc) is 3.34. The minimum absolute atomic E-state index is 0.107. The molecule has 0 aromatic rings. The third-order valence-corrected chi connectivity index (χ3v) is 13.8. The van der Waals surface area contributed by atoms with E-state index in [1.807, 2.05) is 0 Å². The molecule has 254 valence electrons. The van der Waals surface area contributed by atoms with Crippen LogP contribution in [0.4, 0.5) is 0 Å². The summed E-state index contributed by atoms with van der Waals surface area (Å²) in [5.74, 6) is -2.16. The highest BCUT2D eigenvalue weighted by Gasteiger charge is 2.69. The van der Waals surface area contributed by atoms with Crippen molar-refractivity contribution in [2.24, 2.45) is 52.3 Å². The van der Waals surface area contributed by atoms with Gasteiger partial charge >= 0.3 is 17.9 Å². The molecule has 0 aromatic carbocycles. The molecule has 6 rings (SSSR count). The summed E-state index contributed by atoms with van der Waals surface area (Å²) >= 11 is 0. The minimum atomic E-state index is -1.02. The molecule has 45 heavy (non-hydrogen) atoms. The predicted octanol–water partition coefficient (Wildman–Crippen LogP) is 6.74. The van der Waals surface area contributed by atoms with Gasteiger partial charge in [0.1, 0.15) is 12.2 Å². The quantitative estimate of drug-likeness (QED) is 0.248. The Balaban J connectivity index is 1.29. The maximum atomic E-state index is 12.6. The van der Waals surface area contributed by atoms with Crippen molar-refractivity contribution in [3.8, 4) is 0 Å². The summed E-state index contributed by atoms with van der Waals surface area (Å²) in [5, 5.41) is 9.40. The van der Waals surface area contributed by atoms with E-state index in [-0.39, 0.29) is 82.8 Å². The molecule has 0 bridgehead atoms. The number of ether oxygens (including phenoxy) is 2. The Labute approximate surface area is 267 Å². The van der Waals surface area contributed by atoms with Crippen LogP contribution in [0.2, 0.25) is 0 Å². The molecule has 10 nitrogen and oxygen atoms in total. The highest BCUT2D eigenvalue weighted by Crippen LogP contribution is 2.70. The first-order valence-electron chi connectivity index (χ1n) is 17.5. The second-order valence-corrected chi connectivity index (χ2v) is 16.1. The maximum absolute atomic E-state index is 12.6. The molecular formula is C35H54O10. The summed E-state index contributed by atoms with van der Waals surface area (Å²) in [6, 6.07) is 0. The molecule has 2 spiro atoms. The van der Waals surface area contributed by atoms with Gasteiger partial charge in [-0.1, -0.05) is 34.1 Å². The molecule has 0 aromatic heterocycles. The number of esters is 2. The van der Waals surface area contributed by atoms with Gasteiger partial charge in [-0.15, -0.1) is 0 Å². The molecule has 0 radical (unpaired) electrons. The fourth-order valence-corrected chi connectivity index (χ4v) is 11.3. The van der Waals surface area contributed by atoms with Crippen molar-refractivity contribution < 1.29 is 48.5 Å². The maximum Gasteiger partial charge on any atom is 0.303 e. The fourth-order valence-electron chi connectivity index (χ4n) is 11.3. The highest BCUT2D eigenvalue weighted by atomic mass is 17.4. The lowest BCUT2D eigenvalue weighted by atomic mass is 9.42. The number of aliphatic carboxylic acids is 1. The van der Waals surface area contributed by atoms with Gasteiger partial charge in [0.05, 0.1) is 0 Å². The largest absolute Gasteiger partial charge is 0.481 e. The van der Waals surface area contributed by atoms with E-state index in [1.165, 1.54) is 13.8 Å². The number of hydrogen-bond donors (Lipinski definition) is 1. The van der Waals surface area contributed by atoms with E-state index in [0.717, 1.165) is 44.9 Å². The van der Waals surface area contributed by atoms with Crippen LogP contribution in [0, 0.1) is 52.3 Å². The molecule has 11 atom stereocenters. The second-order valence-electron chi connectivity index (χ2n) is 16.1. The summed E-state index contributed by atoms with van der Waals surface area (Å²) in [7, 11) is 0. The zero-order valence-corrected chi connectivity index (χ0v) is 28.0. The summed E-state index contributed by atoms with van der Waals surface area (Å²) < 4.78 is 12.4. The standard InChI is InChI=1S/C35H54O10/c1-20(10-13-30(38)39)25-11-12-26-31-27(18-29(33(25,26)6)41-23(4)37)32(5)15-16-34(19-24(32)17-28(31)40-22(3)36)42-44-35(45-43-34)14-8-7-9-21(35)2/h20-21,24-29,31H,7-19H2,1-6H3,(H,38,39)/t20-,21?,24-,25-,26+,27+,28-,29+,31+,32+,33-,34?,35?/m1/s1. The van der Waals surface area contributed by atoms with E-state index in [9.17, 15) is 19.5 Å². The number of carboxylic acids is 1. The highest BCUT2D eigenvalue weighted by molar-refractivity contribution is 5.67. The SMILES string of the molecule is CC(=O)O[C@H]1C[C@H]2[C@@H]([C@H](OC(C)=O)C[C@@H]3CC4(CC[C@@]32C)OOC2(CCCCC2C)OO4)[C@@H]2CC[C@H]([C@H](C)CCC(=O)O)[C@@]12C. The third-order valence-electron chi connectivity index (χ3n) is 13.8. The summed E-state index contributed by atoms with van der Waals surface area (Å²) in [6.45, 7) is 11.8. The van der Waals surface area contributed by atoms with Crippen LogP contribution in [0.15, 0.2) is 0 Å². The summed E-state index contributed by atoms with van der Waals surface area (Å²) in [4.78, 5) is 61.2. The first kappa shape index (κ1) is 33.2. The Hall–Kier alpha value is -1.75. The van der Waals surface area contributed by atoms with Gasteiger partial charge in [0.15, 0.2) is 0 Å². The number of carbonyl (C=O) groups is 3. The van der Waals surface area contributed by atoms with E-state index in [4.69, 9.17) is 29.0 Å². The van der Waals surface area contributed by atoms with Gasteiger partial charge in [0, 0.05) is 56.8 Å². The lowest BCUT2D eigenvalue weighted by Crippen LogP contribution is -2.65. The van der Waals surface area contributed by atoms with E-state index in [2.05, 4.69) is 27.7 Å². The van der Waals surface area contributed by atoms with Gasteiger partial charge in [-0.2, -0.15) is 19.6 Å². The molecule has 5 saturated carbocycles. The predicted molar refractivity (Wildman–Crippen MR) is 161 cm³/mol. The van der Waals surface area contributed by atoms with Gasteiger partial charge in [-0.3, -0.25) is 14.4 Å². The van der Waals surface area contributed by atoms with Crippen LogP contribution in [0.5, 0.6) is 0 Å². The van der Waals surface area contributed by atoms with Crippen LogP contribution in [-0.4, -0.2) is 46.8 Å². The normalized spacial score (nSPS) is 48.1. The van der Waals surface area contributed by atoms with Crippen molar-refractivity contribution in [2.45, 2.75) is 149 Å². The van der Waals surface area contributed by atoms with Gasteiger partial charge in [-0.05, 0) is 86.4 Å². The zero-order chi connectivity index (χ0) is 32.4. The van der Waals surface area contributed by atoms with Crippen LogP contribution in [0.25, 0.3) is 0 Å². The van der Waals surface area contributed by atoms with Crippen molar-refractivity contribution in [3.63, 3.8) is 0 Å². The van der Waals surface area contributed by atoms with Crippen molar-refractivity contribution in [2.75, 3.05) is 0 Å². The molecular weight excluding hydrogens is 580 g/mol. The molecule has 1 aliphatic heterocycles. The second kappa shape index (κ2) is 12.0. The lowest BCUT2D eigenvalue weighted by Gasteiger charge is -2.65. The number of fused-ring (bicyclic) bond motifs is 5. The average molecular weight is 635 g/mol. The van der Waals surface area contributed by atoms with Crippen molar-refractivity contribution in [3.05, 3.63) is 0 Å². The Morgan fingerprint density at radius 2 is 1.60 bits per heavy atom. The number of hydrogen-bond acceptors (Lipinski definition) is 9. The molecule has 1 saturated heterocycles. The van der Waals surface area contributed by atoms with Gasteiger partial charge < -0.3 is 14.6 Å². The summed E-state index contributed by atoms with van der Waals surface area (Å²) in [5.41, 5.74) is -0.468. The van der Waals surface area contributed by atoms with Crippen LogP contribution in [0.3, 0.4) is 0 Å². The van der Waals surface area contributed by atoms with Gasteiger partial charge in [-0.25, -0.2) is 0 Å². The monoisotopic (exact) mass is 634 g/mol. The van der Waals surface area contributed by atoms with E-state index >= 15 is 0 Å². The fraction of sp³-hybridized carbons (Fsp3) is 0.914. The smallest absolute Gasteiger partial charge is 0.303 e. The van der Waals surface area contributed by atoms with E-state index in [0.29, 0.717) is 32.1 Å². The Kier molecular flexibility index (Phi) is 8.88. The molecule has 1 N–H and O–H groups in total. The van der Waals surface area contributed by atoms with Crippen LogP contribution >= 0.6 is 0 Å². The Morgan fingerprint density at radius 3 is 2.24 bits per heavy atom. The number of carbonyl (C=O) groups excluding carboxylic acids is 2. The number of carboxylic acid groups (broad SMARTS) is 1. The van der Waals surface area contributed by atoms with Crippen LogP contribution in [0.1, 0.15) is 125 Å². The van der Waals surface area contributed by atoms with Crippen molar-refractivity contribution in [1.29, 1.82) is 0 Å². The molecule has 10 heteroatoms. The Morgan fingerprint density at radius 1 is 0.889 bits per heavy atom. The van der Waals surface area contributed by atoms with Crippen molar-refractivity contribution >= 4 is 17.9 Å². The molecule has 5 aliphatic carbocycles. The molecule has 1 heterocycles. The Bertz CT molecular complexity index is 1150. The third kappa shape index (κ3) is 5.63. The van der Waals surface area contributed by atoms with Crippen LogP contribution < -0.4 is 0 Å². The lowest BCUT2D eigenvalue weighted by molar-refractivity contribution is -0.671. The first-order chi connectivity index (χ1) is 21.2. The molecule has 6 fully saturated rings. The van der Waals surface area contributed by atoms with Gasteiger partial charge in [0.2, 0.25) is 11.6 Å². The topological polar surface area (TPSA) is 127 Å². The summed E-state index contributed by atoms with van der Waals surface area (Å²) in [6.07, 6.45) is 9.24. The molecule has 6 aliphatic rings. The van der Waals surface area contributed by atoms with E-state index in [1.54, 1.807) is 0 Å². The van der Waals surface area contributed by atoms with E-state index < -0.39 is 17.5 Å². The number of rotatable bonds is 6. The van der Waals surface area contributed by atoms with Crippen LogP contribution in [-0.2, 0) is 43.4 Å². The first-order valence-corrected chi connectivity index (χ1v) is 17.5. The van der Waals surface area contributed by atoms with Crippen molar-refractivity contribution in [1.82, 2.24) is 0 Å². The molecule has 1 unspecified atom stereocenters. The van der Waals surface area contributed by atoms with Gasteiger partial charge in [0.25, 0.3) is 0 Å². The zero-order valence-electron chi connectivity index (χ0n) is 28.0. The minimum Gasteiger partial charge on any atom is -0.481 e. The molecule has 0 amide bonds.